The molecule has 1 rings (SSSR count). The van der Waals surface area contributed by atoms with Gasteiger partial charge in [-0.05, 0) is 24.1 Å². The van der Waals surface area contributed by atoms with Gasteiger partial charge in [-0.1, -0.05) is 23.7 Å². The van der Waals surface area contributed by atoms with Crippen LogP contribution < -0.4 is 0 Å². The topological polar surface area (TPSA) is 46.5 Å². The molecule has 82 valence electrons. The van der Waals surface area contributed by atoms with Gasteiger partial charge in [-0.3, -0.25) is 0 Å². The van der Waals surface area contributed by atoms with Gasteiger partial charge in [0.1, 0.15) is 0 Å². The number of methoxy groups -OCH3 is 1. The van der Waals surface area contributed by atoms with Crippen LogP contribution in [0.5, 0.6) is 0 Å². The van der Waals surface area contributed by atoms with Crippen molar-refractivity contribution in [3.05, 3.63) is 34.3 Å². The number of aryl methyl sites for hydroxylation is 1. The Kier molecular flexibility index (Phi) is 4.12. The van der Waals surface area contributed by atoms with E-state index >= 15 is 0 Å². The Balaban J connectivity index is 2.80. The summed E-state index contributed by atoms with van der Waals surface area (Å²) in [5.41, 5.74) is 1.84. The number of ether oxygens (including phenoxy) is 1. The lowest BCUT2D eigenvalue weighted by atomic mass is 10.1. The maximum absolute atomic E-state index is 10.7. The lowest BCUT2D eigenvalue weighted by Gasteiger charge is -2.10. The van der Waals surface area contributed by atoms with Gasteiger partial charge in [-0.25, -0.2) is 4.79 Å². The molecule has 0 heterocycles. The van der Waals surface area contributed by atoms with Crippen LogP contribution in [-0.2, 0) is 16.0 Å². The van der Waals surface area contributed by atoms with Gasteiger partial charge < -0.3 is 9.84 Å². The van der Waals surface area contributed by atoms with Crippen molar-refractivity contribution in [3.63, 3.8) is 0 Å². The molecule has 0 bridgehead atoms. The molecular formula is C11H13ClO3. The van der Waals surface area contributed by atoms with Crippen molar-refractivity contribution in [2.45, 2.75) is 19.4 Å². The van der Waals surface area contributed by atoms with E-state index in [9.17, 15) is 4.79 Å². The number of rotatable bonds is 4. The van der Waals surface area contributed by atoms with Gasteiger partial charge in [-0.2, -0.15) is 0 Å². The van der Waals surface area contributed by atoms with Crippen LogP contribution >= 0.6 is 11.6 Å². The minimum absolute atomic E-state index is 0.325. The summed E-state index contributed by atoms with van der Waals surface area (Å²) in [5.74, 6) is -0.964. The molecule has 0 aliphatic rings. The molecule has 0 unspecified atom stereocenters. The third kappa shape index (κ3) is 3.22. The van der Waals surface area contributed by atoms with Gasteiger partial charge in [0.2, 0.25) is 0 Å². The monoisotopic (exact) mass is 228 g/mol. The van der Waals surface area contributed by atoms with Crippen molar-refractivity contribution in [3.8, 4) is 0 Å². The minimum Gasteiger partial charge on any atom is -0.479 e. The van der Waals surface area contributed by atoms with Crippen LogP contribution in [0, 0.1) is 6.92 Å². The molecule has 1 aromatic carbocycles. The second-order valence-corrected chi connectivity index (χ2v) is 3.76. The number of benzene rings is 1. The molecule has 0 aliphatic carbocycles. The van der Waals surface area contributed by atoms with Crippen molar-refractivity contribution in [1.29, 1.82) is 0 Å². The van der Waals surface area contributed by atoms with E-state index in [0.717, 1.165) is 11.1 Å². The van der Waals surface area contributed by atoms with Crippen LogP contribution in [-0.4, -0.2) is 24.3 Å². The smallest absolute Gasteiger partial charge is 0.333 e. The van der Waals surface area contributed by atoms with E-state index in [1.807, 2.05) is 19.1 Å². The third-order valence-corrected chi connectivity index (χ3v) is 2.62. The first kappa shape index (κ1) is 12.0. The molecule has 4 heteroatoms. The van der Waals surface area contributed by atoms with Crippen LogP contribution in [0.3, 0.4) is 0 Å². The molecule has 1 aromatic rings. The predicted molar refractivity (Wildman–Crippen MR) is 58.3 cm³/mol. The molecule has 0 amide bonds. The Morgan fingerprint density at radius 1 is 1.60 bits per heavy atom. The van der Waals surface area contributed by atoms with Crippen LogP contribution in [0.2, 0.25) is 5.02 Å². The summed E-state index contributed by atoms with van der Waals surface area (Å²) in [6, 6.07) is 5.49. The molecular weight excluding hydrogens is 216 g/mol. The normalized spacial score (nSPS) is 12.5. The lowest BCUT2D eigenvalue weighted by Crippen LogP contribution is -2.24. The number of halogens is 1. The van der Waals surface area contributed by atoms with E-state index in [0.29, 0.717) is 11.4 Å². The zero-order valence-corrected chi connectivity index (χ0v) is 9.41. The van der Waals surface area contributed by atoms with Gasteiger partial charge in [0.25, 0.3) is 0 Å². The van der Waals surface area contributed by atoms with Crippen molar-refractivity contribution in [2.75, 3.05) is 7.11 Å². The van der Waals surface area contributed by atoms with Crippen LogP contribution in [0.1, 0.15) is 11.1 Å². The summed E-state index contributed by atoms with van der Waals surface area (Å²) in [5, 5.41) is 9.45. The average Bonchev–Trinajstić information content (AvgIpc) is 2.19. The van der Waals surface area contributed by atoms with E-state index in [-0.39, 0.29) is 0 Å². The van der Waals surface area contributed by atoms with E-state index in [1.165, 1.54) is 7.11 Å². The standard InChI is InChI=1S/C11H13ClO3/c1-7-3-4-8(5-9(7)12)6-10(15-2)11(13)14/h3-5,10H,6H2,1-2H3,(H,13,14)/t10-/m1/s1. The highest BCUT2D eigenvalue weighted by atomic mass is 35.5. The second kappa shape index (κ2) is 5.14. The van der Waals surface area contributed by atoms with Crippen LogP contribution in [0.4, 0.5) is 0 Å². The van der Waals surface area contributed by atoms with Gasteiger partial charge in [0, 0.05) is 18.6 Å². The predicted octanol–water partition coefficient (Wildman–Crippen LogP) is 2.29. The minimum atomic E-state index is -0.964. The molecule has 1 N–H and O–H groups in total. The first-order valence-corrected chi connectivity index (χ1v) is 4.93. The highest BCUT2D eigenvalue weighted by Crippen LogP contribution is 2.18. The number of carbonyl (C=O) groups is 1. The number of hydrogen-bond donors (Lipinski definition) is 1. The Bertz CT molecular complexity index is 363. The summed E-state index contributed by atoms with van der Waals surface area (Å²) in [7, 11) is 1.38. The molecule has 0 saturated carbocycles. The fourth-order valence-electron chi connectivity index (χ4n) is 1.25. The lowest BCUT2D eigenvalue weighted by molar-refractivity contribution is -0.148. The number of hydrogen-bond acceptors (Lipinski definition) is 2. The van der Waals surface area contributed by atoms with E-state index in [1.54, 1.807) is 6.07 Å². The van der Waals surface area contributed by atoms with Gasteiger partial charge in [0.15, 0.2) is 6.10 Å². The van der Waals surface area contributed by atoms with Gasteiger partial charge in [-0.15, -0.1) is 0 Å². The van der Waals surface area contributed by atoms with Crippen LogP contribution in [0.15, 0.2) is 18.2 Å². The first-order chi connectivity index (χ1) is 7.04. The second-order valence-electron chi connectivity index (χ2n) is 3.35. The maximum Gasteiger partial charge on any atom is 0.333 e. The fraction of sp³-hybridized carbons (Fsp3) is 0.364. The summed E-state index contributed by atoms with van der Waals surface area (Å²) in [6.45, 7) is 1.90. The Morgan fingerprint density at radius 2 is 2.27 bits per heavy atom. The fourth-order valence-corrected chi connectivity index (χ4v) is 1.45. The van der Waals surface area contributed by atoms with Gasteiger partial charge >= 0.3 is 5.97 Å². The first-order valence-electron chi connectivity index (χ1n) is 4.55. The maximum atomic E-state index is 10.7. The van der Waals surface area contributed by atoms with Crippen molar-refractivity contribution < 1.29 is 14.6 Å². The number of aliphatic carboxylic acids is 1. The average molecular weight is 229 g/mol. The summed E-state index contributed by atoms with van der Waals surface area (Å²) in [6.07, 6.45) is -0.491. The molecule has 0 aromatic heterocycles. The molecule has 15 heavy (non-hydrogen) atoms. The number of carboxylic acids is 1. The highest BCUT2D eigenvalue weighted by Gasteiger charge is 2.16. The van der Waals surface area contributed by atoms with Crippen molar-refractivity contribution >= 4 is 17.6 Å². The molecule has 0 saturated heterocycles. The van der Waals surface area contributed by atoms with E-state index < -0.39 is 12.1 Å². The largest absolute Gasteiger partial charge is 0.479 e. The number of carboxylic acid groups (broad SMARTS) is 1. The molecule has 0 radical (unpaired) electrons. The van der Waals surface area contributed by atoms with E-state index in [4.69, 9.17) is 21.4 Å². The Morgan fingerprint density at radius 3 is 2.73 bits per heavy atom. The van der Waals surface area contributed by atoms with Gasteiger partial charge in [0.05, 0.1) is 0 Å². The molecule has 0 fully saturated rings. The third-order valence-electron chi connectivity index (χ3n) is 2.22. The molecule has 0 spiro atoms. The summed E-state index contributed by atoms with van der Waals surface area (Å²) in [4.78, 5) is 10.7. The van der Waals surface area contributed by atoms with E-state index in [2.05, 4.69) is 0 Å². The zero-order chi connectivity index (χ0) is 11.4. The van der Waals surface area contributed by atoms with Crippen molar-refractivity contribution in [1.82, 2.24) is 0 Å². The summed E-state index contributed by atoms with van der Waals surface area (Å²) >= 11 is 5.93. The van der Waals surface area contributed by atoms with Crippen molar-refractivity contribution in [2.24, 2.45) is 0 Å². The quantitative estimate of drug-likeness (QED) is 0.860. The zero-order valence-electron chi connectivity index (χ0n) is 8.66. The Labute approximate surface area is 93.6 Å². The molecule has 0 aliphatic heterocycles. The van der Waals surface area contributed by atoms with Crippen LogP contribution in [0.25, 0.3) is 0 Å². The Hall–Kier alpha value is -1.06. The summed E-state index contributed by atoms with van der Waals surface area (Å²) < 4.78 is 4.84. The molecule has 3 nitrogen and oxygen atoms in total. The molecule has 1 atom stereocenters. The SMILES string of the molecule is CO[C@H](Cc1ccc(C)c(Cl)c1)C(=O)O. The highest BCUT2D eigenvalue weighted by molar-refractivity contribution is 6.31.